The summed E-state index contributed by atoms with van der Waals surface area (Å²) in [4.78, 5) is 11.9. The summed E-state index contributed by atoms with van der Waals surface area (Å²) in [6.45, 7) is 13.7. The standard InChI is InChI=1S/C21H36N2O2/c1-7-11-19(17-12-9-8-10-13-17)22-14-18(16(2)3)15-23-20(24)25-21(4,5)6/h8-10,12-13,16,18-19,22H,7,11,14-15H2,1-6H3,(H,23,24). The lowest BCUT2D eigenvalue weighted by molar-refractivity contribution is 0.0514. The number of alkyl carbamates (subject to hydrolysis) is 1. The molecule has 4 nitrogen and oxygen atoms in total. The lowest BCUT2D eigenvalue weighted by Gasteiger charge is -2.27. The third kappa shape index (κ3) is 8.92. The minimum atomic E-state index is -0.463. The maximum Gasteiger partial charge on any atom is 0.407 e. The van der Waals surface area contributed by atoms with Crippen LogP contribution >= 0.6 is 0 Å². The van der Waals surface area contributed by atoms with E-state index < -0.39 is 5.60 Å². The van der Waals surface area contributed by atoms with Gasteiger partial charge in [0.05, 0.1) is 0 Å². The van der Waals surface area contributed by atoms with E-state index in [0.717, 1.165) is 19.4 Å². The summed E-state index contributed by atoms with van der Waals surface area (Å²) in [5.41, 5.74) is 0.863. The predicted molar refractivity (Wildman–Crippen MR) is 105 cm³/mol. The van der Waals surface area contributed by atoms with Gasteiger partial charge in [-0.15, -0.1) is 0 Å². The number of carbonyl (C=O) groups excluding carboxylic acids is 1. The molecule has 25 heavy (non-hydrogen) atoms. The van der Waals surface area contributed by atoms with Gasteiger partial charge in [-0.3, -0.25) is 0 Å². The molecule has 0 bridgehead atoms. The Bertz CT molecular complexity index is 494. The third-order valence-electron chi connectivity index (χ3n) is 4.26. The fourth-order valence-electron chi connectivity index (χ4n) is 2.73. The van der Waals surface area contributed by atoms with Gasteiger partial charge in [-0.2, -0.15) is 0 Å². The zero-order valence-corrected chi connectivity index (χ0v) is 16.8. The molecule has 0 spiro atoms. The van der Waals surface area contributed by atoms with E-state index in [-0.39, 0.29) is 6.09 Å². The normalized spacial score (nSPS) is 14.2. The zero-order valence-electron chi connectivity index (χ0n) is 16.8. The molecular weight excluding hydrogens is 312 g/mol. The summed E-state index contributed by atoms with van der Waals surface area (Å²) in [5.74, 6) is 0.830. The highest BCUT2D eigenvalue weighted by Crippen LogP contribution is 2.19. The topological polar surface area (TPSA) is 50.4 Å². The Morgan fingerprint density at radius 1 is 1.12 bits per heavy atom. The quantitative estimate of drug-likeness (QED) is 0.666. The Kier molecular flexibility index (Phi) is 8.98. The second-order valence-electron chi connectivity index (χ2n) is 8.05. The van der Waals surface area contributed by atoms with E-state index in [1.807, 2.05) is 26.8 Å². The van der Waals surface area contributed by atoms with Crippen LogP contribution in [0.25, 0.3) is 0 Å². The second kappa shape index (κ2) is 10.4. The molecule has 0 aliphatic carbocycles. The number of amides is 1. The molecule has 0 saturated carbocycles. The van der Waals surface area contributed by atoms with Gasteiger partial charge in [0, 0.05) is 19.1 Å². The summed E-state index contributed by atoms with van der Waals surface area (Å²) >= 11 is 0. The Morgan fingerprint density at radius 2 is 1.76 bits per heavy atom. The van der Waals surface area contributed by atoms with Gasteiger partial charge in [0.25, 0.3) is 0 Å². The average Bonchev–Trinajstić information content (AvgIpc) is 2.52. The monoisotopic (exact) mass is 348 g/mol. The summed E-state index contributed by atoms with van der Waals surface area (Å²) in [6, 6.07) is 10.9. The van der Waals surface area contributed by atoms with E-state index in [2.05, 4.69) is 55.7 Å². The highest BCUT2D eigenvalue weighted by Gasteiger charge is 2.20. The molecule has 2 unspecified atom stereocenters. The molecule has 142 valence electrons. The van der Waals surface area contributed by atoms with Crippen molar-refractivity contribution in [1.29, 1.82) is 0 Å². The van der Waals surface area contributed by atoms with Gasteiger partial charge in [0.2, 0.25) is 0 Å². The first-order valence-corrected chi connectivity index (χ1v) is 9.48. The molecule has 2 atom stereocenters. The van der Waals surface area contributed by atoms with Gasteiger partial charge in [-0.1, -0.05) is 57.5 Å². The van der Waals surface area contributed by atoms with Gasteiger partial charge >= 0.3 is 6.09 Å². The first-order valence-electron chi connectivity index (χ1n) is 9.48. The molecule has 0 aliphatic heterocycles. The van der Waals surface area contributed by atoms with Crippen molar-refractivity contribution >= 4 is 6.09 Å². The first kappa shape index (κ1) is 21.5. The van der Waals surface area contributed by atoms with Gasteiger partial charge in [-0.25, -0.2) is 4.79 Å². The van der Waals surface area contributed by atoms with Crippen molar-refractivity contribution in [2.24, 2.45) is 11.8 Å². The maximum atomic E-state index is 11.9. The zero-order chi connectivity index (χ0) is 18.9. The molecule has 4 heteroatoms. The van der Waals surface area contributed by atoms with Crippen molar-refractivity contribution in [2.45, 2.75) is 66.0 Å². The van der Waals surface area contributed by atoms with E-state index in [1.165, 1.54) is 5.56 Å². The molecule has 0 fully saturated rings. The lowest BCUT2D eigenvalue weighted by atomic mass is 9.94. The van der Waals surface area contributed by atoms with Gasteiger partial charge in [-0.05, 0) is 44.6 Å². The van der Waals surface area contributed by atoms with Crippen LogP contribution in [-0.2, 0) is 4.74 Å². The number of rotatable bonds is 9. The first-order chi connectivity index (χ1) is 11.7. The van der Waals surface area contributed by atoms with Crippen LogP contribution in [0.4, 0.5) is 4.79 Å². The van der Waals surface area contributed by atoms with Crippen LogP contribution in [0.1, 0.15) is 66.0 Å². The molecular formula is C21H36N2O2. The molecule has 0 heterocycles. The fraction of sp³-hybridized carbons (Fsp3) is 0.667. The SMILES string of the molecule is CCCC(NCC(CNC(=O)OC(C)(C)C)C(C)C)c1ccccc1. The minimum Gasteiger partial charge on any atom is -0.444 e. The Balaban J connectivity index is 2.57. The maximum absolute atomic E-state index is 11.9. The van der Waals surface area contributed by atoms with E-state index in [9.17, 15) is 4.79 Å². The van der Waals surface area contributed by atoms with Crippen molar-refractivity contribution in [3.8, 4) is 0 Å². The number of benzene rings is 1. The lowest BCUT2D eigenvalue weighted by Crippen LogP contribution is -2.40. The molecule has 0 aliphatic rings. The molecule has 0 aromatic heterocycles. The van der Waals surface area contributed by atoms with Crippen molar-refractivity contribution in [3.63, 3.8) is 0 Å². The Morgan fingerprint density at radius 3 is 2.28 bits per heavy atom. The van der Waals surface area contributed by atoms with Crippen molar-refractivity contribution in [3.05, 3.63) is 35.9 Å². The van der Waals surface area contributed by atoms with Crippen LogP contribution in [0.5, 0.6) is 0 Å². The minimum absolute atomic E-state index is 0.341. The fourth-order valence-corrected chi connectivity index (χ4v) is 2.73. The van der Waals surface area contributed by atoms with E-state index in [0.29, 0.717) is 24.4 Å². The number of nitrogens with one attached hydrogen (secondary N) is 2. The van der Waals surface area contributed by atoms with E-state index in [4.69, 9.17) is 4.74 Å². The van der Waals surface area contributed by atoms with Crippen LogP contribution in [0.3, 0.4) is 0 Å². The third-order valence-corrected chi connectivity index (χ3v) is 4.26. The smallest absolute Gasteiger partial charge is 0.407 e. The Hall–Kier alpha value is -1.55. The number of ether oxygens (including phenoxy) is 1. The molecule has 0 saturated heterocycles. The second-order valence-corrected chi connectivity index (χ2v) is 8.05. The van der Waals surface area contributed by atoms with Crippen molar-refractivity contribution < 1.29 is 9.53 Å². The molecule has 1 aromatic rings. The average molecular weight is 349 g/mol. The summed E-state index contributed by atoms with van der Waals surface area (Å²) in [7, 11) is 0. The molecule has 1 aromatic carbocycles. The summed E-state index contributed by atoms with van der Waals surface area (Å²) < 4.78 is 5.33. The molecule has 2 N–H and O–H groups in total. The van der Waals surface area contributed by atoms with Gasteiger partial charge < -0.3 is 15.4 Å². The van der Waals surface area contributed by atoms with Crippen molar-refractivity contribution in [2.75, 3.05) is 13.1 Å². The van der Waals surface area contributed by atoms with Crippen LogP contribution in [-0.4, -0.2) is 24.8 Å². The van der Waals surface area contributed by atoms with E-state index >= 15 is 0 Å². The van der Waals surface area contributed by atoms with Gasteiger partial charge in [0.1, 0.15) is 5.60 Å². The predicted octanol–water partition coefficient (Wildman–Crippen LogP) is 4.91. The largest absolute Gasteiger partial charge is 0.444 e. The molecule has 0 radical (unpaired) electrons. The summed E-state index contributed by atoms with van der Waals surface area (Å²) in [6.07, 6.45) is 1.90. The van der Waals surface area contributed by atoms with Crippen LogP contribution in [0.2, 0.25) is 0 Å². The van der Waals surface area contributed by atoms with Crippen LogP contribution in [0.15, 0.2) is 30.3 Å². The highest BCUT2D eigenvalue weighted by atomic mass is 16.6. The van der Waals surface area contributed by atoms with Crippen LogP contribution in [0, 0.1) is 11.8 Å². The summed E-state index contributed by atoms with van der Waals surface area (Å²) in [5, 5.41) is 6.61. The molecule has 1 amide bonds. The van der Waals surface area contributed by atoms with Gasteiger partial charge in [0.15, 0.2) is 0 Å². The van der Waals surface area contributed by atoms with Crippen molar-refractivity contribution in [1.82, 2.24) is 10.6 Å². The Labute approximate surface area is 153 Å². The highest BCUT2D eigenvalue weighted by molar-refractivity contribution is 5.67. The number of hydrogen-bond acceptors (Lipinski definition) is 3. The number of carbonyl (C=O) groups is 1. The van der Waals surface area contributed by atoms with E-state index in [1.54, 1.807) is 0 Å². The number of hydrogen-bond donors (Lipinski definition) is 2. The molecule has 1 rings (SSSR count). The van der Waals surface area contributed by atoms with Crippen LogP contribution < -0.4 is 10.6 Å².